The van der Waals surface area contributed by atoms with Gasteiger partial charge >= 0.3 is 0 Å². The van der Waals surface area contributed by atoms with Crippen molar-refractivity contribution in [3.63, 3.8) is 0 Å². The normalized spacial score (nSPS) is 14.5. The molecule has 1 aliphatic heterocycles. The van der Waals surface area contributed by atoms with Gasteiger partial charge in [-0.3, -0.25) is 4.99 Å². The van der Waals surface area contributed by atoms with Crippen LogP contribution in [0, 0.1) is 0 Å². The Morgan fingerprint density at radius 2 is 1.06 bits per heavy atom. The van der Waals surface area contributed by atoms with Crippen LogP contribution in [0.1, 0.15) is 64.8 Å². The molecule has 0 fully saturated rings. The number of aliphatic imine (C=N–C) groups is 2. The molecule has 66 heavy (non-hydrogen) atoms. The van der Waals surface area contributed by atoms with Crippen molar-refractivity contribution < 1.29 is 0 Å². The quantitative estimate of drug-likeness (QED) is 0.118. The summed E-state index contributed by atoms with van der Waals surface area (Å²) in [5.41, 5.74) is 17.0. The number of rotatable bonds is 6. The number of hydrogen-bond acceptors (Lipinski definition) is 1. The Hall–Kier alpha value is -8.14. The SMILES string of the molecule is CC(C=NC(=NC(C)c1cccc2ccccc12)c1cccc2ccccc12)c1ccc(-c2ccc3c(c2)C2(c4ccccc4-c4ccccc42)c2cccc4c5ccccc5n-3c24)cc1. The molecule has 1 aromatic heterocycles. The average Bonchev–Trinajstić information content (AvgIpc) is 3.88. The summed E-state index contributed by atoms with van der Waals surface area (Å²) < 4.78 is 2.52. The van der Waals surface area contributed by atoms with E-state index in [0.29, 0.717) is 0 Å². The average molecular weight is 844 g/mol. The second kappa shape index (κ2) is 15.0. The Labute approximate surface area is 384 Å². The third kappa shape index (κ3) is 5.63. The molecule has 0 bridgehead atoms. The molecule has 0 saturated carbocycles. The minimum Gasteiger partial charge on any atom is -0.309 e. The summed E-state index contributed by atoms with van der Waals surface area (Å²) in [6.07, 6.45) is 2.07. The number of amidine groups is 1. The van der Waals surface area contributed by atoms with Crippen LogP contribution in [0.2, 0.25) is 0 Å². The van der Waals surface area contributed by atoms with Gasteiger partial charge in [0.25, 0.3) is 0 Å². The van der Waals surface area contributed by atoms with Gasteiger partial charge in [0.15, 0.2) is 5.84 Å². The molecule has 312 valence electrons. The third-order valence-electron chi connectivity index (χ3n) is 14.5. The Balaban J connectivity index is 0.906. The van der Waals surface area contributed by atoms with Crippen LogP contribution in [0.15, 0.2) is 228 Å². The van der Waals surface area contributed by atoms with Crippen LogP contribution in [0.25, 0.3) is 71.3 Å². The fourth-order valence-corrected chi connectivity index (χ4v) is 11.5. The summed E-state index contributed by atoms with van der Waals surface area (Å²) in [6.45, 7) is 4.40. The molecule has 0 amide bonds. The third-order valence-corrected chi connectivity index (χ3v) is 14.5. The van der Waals surface area contributed by atoms with Crippen molar-refractivity contribution in [2.45, 2.75) is 31.2 Å². The second-order valence-corrected chi connectivity index (χ2v) is 18.0. The minimum absolute atomic E-state index is 0.0475. The highest BCUT2D eigenvalue weighted by Crippen LogP contribution is 2.61. The van der Waals surface area contributed by atoms with Crippen molar-refractivity contribution in [1.29, 1.82) is 0 Å². The topological polar surface area (TPSA) is 29.6 Å². The van der Waals surface area contributed by atoms with Gasteiger partial charge in [-0.25, -0.2) is 4.99 Å². The Morgan fingerprint density at radius 3 is 1.83 bits per heavy atom. The number of hydrogen-bond donors (Lipinski definition) is 0. The molecule has 0 N–H and O–H groups in total. The number of fused-ring (bicyclic) bond motifs is 14. The van der Waals surface area contributed by atoms with Crippen LogP contribution in [-0.4, -0.2) is 16.6 Å². The molecule has 2 atom stereocenters. The molecule has 2 unspecified atom stereocenters. The fourth-order valence-electron chi connectivity index (χ4n) is 11.5. The van der Waals surface area contributed by atoms with E-state index in [-0.39, 0.29) is 12.0 Å². The number of aromatic nitrogens is 1. The van der Waals surface area contributed by atoms with E-state index in [1.807, 2.05) is 0 Å². The first-order valence-corrected chi connectivity index (χ1v) is 23.1. The predicted molar refractivity (Wildman–Crippen MR) is 277 cm³/mol. The number of benzene rings is 10. The standard InChI is InChI=1S/C63H45N3/c1-40(39-64-62(54-27-14-19-45-17-4-6-21-49(45)54)65-41(2)47-25-13-18-44-16-3-5-20-48(44)47)42-32-34-43(35-33-42)46-36-37-60-58(38-46)63(55-28-10-7-22-50(55)51-23-8-11-29-56(51)63)57-30-15-26-53-52-24-9-12-31-59(52)66(60)61(53)57/h3-41H,1-2H3. The Morgan fingerprint density at radius 1 is 0.485 bits per heavy atom. The van der Waals surface area contributed by atoms with Crippen LogP contribution in [-0.2, 0) is 5.41 Å². The first-order valence-electron chi connectivity index (χ1n) is 23.1. The van der Waals surface area contributed by atoms with E-state index in [4.69, 9.17) is 9.98 Å². The van der Waals surface area contributed by atoms with Gasteiger partial charge < -0.3 is 4.57 Å². The summed E-state index contributed by atoms with van der Waals surface area (Å²) in [7, 11) is 0. The first kappa shape index (κ1) is 38.3. The van der Waals surface area contributed by atoms with Crippen molar-refractivity contribution in [3.05, 3.63) is 257 Å². The zero-order chi connectivity index (χ0) is 43.9. The van der Waals surface area contributed by atoms with Gasteiger partial charge in [0, 0.05) is 28.5 Å². The van der Waals surface area contributed by atoms with Crippen molar-refractivity contribution in [3.8, 4) is 27.9 Å². The second-order valence-electron chi connectivity index (χ2n) is 18.0. The molecule has 0 radical (unpaired) electrons. The molecule has 3 heteroatoms. The monoisotopic (exact) mass is 843 g/mol. The maximum Gasteiger partial charge on any atom is 0.155 e. The molecule has 13 rings (SSSR count). The van der Waals surface area contributed by atoms with Crippen LogP contribution in [0.4, 0.5) is 0 Å². The molecule has 2 heterocycles. The highest BCUT2D eigenvalue weighted by Gasteiger charge is 2.50. The Bertz CT molecular complexity index is 3750. The van der Waals surface area contributed by atoms with Crippen LogP contribution in [0.3, 0.4) is 0 Å². The van der Waals surface area contributed by atoms with Crippen molar-refractivity contribution in [2.75, 3.05) is 0 Å². The lowest BCUT2D eigenvalue weighted by Crippen LogP contribution is -2.33. The van der Waals surface area contributed by atoms with Gasteiger partial charge in [-0.1, -0.05) is 207 Å². The molecular formula is C63H45N3. The van der Waals surface area contributed by atoms with Crippen LogP contribution in [0.5, 0.6) is 0 Å². The summed E-state index contributed by atoms with van der Waals surface area (Å²) in [5.74, 6) is 0.786. The van der Waals surface area contributed by atoms with Crippen LogP contribution < -0.4 is 0 Å². The highest BCUT2D eigenvalue weighted by molar-refractivity contribution is 6.14. The van der Waals surface area contributed by atoms with Gasteiger partial charge in [-0.05, 0) is 102 Å². The molecule has 10 aromatic carbocycles. The highest BCUT2D eigenvalue weighted by atomic mass is 15.0. The van der Waals surface area contributed by atoms with E-state index >= 15 is 0 Å². The Kier molecular flexibility index (Phi) is 8.69. The lowest BCUT2D eigenvalue weighted by molar-refractivity contribution is 0.749. The smallest absolute Gasteiger partial charge is 0.155 e. The van der Waals surface area contributed by atoms with Crippen LogP contribution >= 0.6 is 0 Å². The van der Waals surface area contributed by atoms with Crippen molar-refractivity contribution >= 4 is 55.4 Å². The van der Waals surface area contributed by atoms with E-state index in [1.165, 1.54) is 99.3 Å². The number of nitrogens with zero attached hydrogens (tertiary/aromatic N) is 3. The molecule has 0 saturated heterocycles. The lowest BCUT2D eigenvalue weighted by Gasteiger charge is -2.40. The molecule has 1 aliphatic carbocycles. The molecule has 1 spiro atoms. The van der Waals surface area contributed by atoms with Crippen molar-refractivity contribution in [2.24, 2.45) is 9.98 Å². The summed E-state index contributed by atoms with van der Waals surface area (Å²) in [6, 6.07) is 80.1. The van der Waals surface area contributed by atoms with Crippen molar-refractivity contribution in [1.82, 2.24) is 4.57 Å². The largest absolute Gasteiger partial charge is 0.309 e. The first-order chi connectivity index (χ1) is 32.6. The van der Waals surface area contributed by atoms with E-state index < -0.39 is 5.41 Å². The van der Waals surface area contributed by atoms with Gasteiger partial charge in [0.1, 0.15) is 0 Å². The summed E-state index contributed by atoms with van der Waals surface area (Å²) >= 11 is 0. The van der Waals surface area contributed by atoms with Gasteiger partial charge in [0.05, 0.1) is 28.2 Å². The lowest BCUT2D eigenvalue weighted by atomic mass is 9.65. The maximum atomic E-state index is 5.39. The predicted octanol–water partition coefficient (Wildman–Crippen LogP) is 15.8. The number of para-hydroxylation sites is 2. The zero-order valence-electron chi connectivity index (χ0n) is 36.9. The summed E-state index contributed by atoms with van der Waals surface area (Å²) in [5, 5.41) is 7.33. The molecule has 3 nitrogen and oxygen atoms in total. The summed E-state index contributed by atoms with van der Waals surface area (Å²) in [4.78, 5) is 10.6. The van der Waals surface area contributed by atoms with E-state index in [1.54, 1.807) is 0 Å². The van der Waals surface area contributed by atoms with E-state index in [9.17, 15) is 0 Å². The van der Waals surface area contributed by atoms with Gasteiger partial charge in [0.2, 0.25) is 0 Å². The zero-order valence-corrected chi connectivity index (χ0v) is 36.9. The molecule has 11 aromatic rings. The van der Waals surface area contributed by atoms with E-state index in [2.05, 4.69) is 243 Å². The fraction of sp³-hybridized carbons (Fsp3) is 0.0794. The minimum atomic E-state index is -0.484. The van der Waals surface area contributed by atoms with E-state index in [0.717, 1.165) is 16.8 Å². The maximum absolute atomic E-state index is 5.39. The molecule has 2 aliphatic rings. The molecular weight excluding hydrogens is 799 g/mol. The van der Waals surface area contributed by atoms with Gasteiger partial charge in [-0.2, -0.15) is 0 Å². The van der Waals surface area contributed by atoms with Gasteiger partial charge in [-0.15, -0.1) is 0 Å².